The van der Waals surface area contributed by atoms with Gasteiger partial charge in [0.05, 0.1) is 16.8 Å². The fraction of sp³-hybridized carbons (Fsp3) is 0.227. The first kappa shape index (κ1) is 27.8. The molecule has 0 aliphatic carbocycles. The van der Waals surface area contributed by atoms with E-state index in [9.17, 15) is 48.5 Å². The fourth-order valence-electron chi connectivity index (χ4n) is 4.10. The van der Waals surface area contributed by atoms with E-state index >= 15 is 0 Å². The lowest BCUT2D eigenvalue weighted by Crippen LogP contribution is -2.56. The van der Waals surface area contributed by atoms with E-state index in [1.54, 1.807) is 6.07 Å². The average Bonchev–Trinajstić information content (AvgIpc) is 3.14. The largest absolute Gasteiger partial charge is 0.547 e. The first-order valence-corrected chi connectivity index (χ1v) is 12.9. The van der Waals surface area contributed by atoms with Gasteiger partial charge in [-0.3, -0.25) is 19.1 Å². The summed E-state index contributed by atoms with van der Waals surface area (Å²) < 4.78 is 16.9. The Morgan fingerprint density at radius 2 is 1.79 bits per heavy atom. The van der Waals surface area contributed by atoms with Crippen molar-refractivity contribution in [1.82, 2.24) is 20.4 Å². The van der Waals surface area contributed by atoms with E-state index in [1.165, 1.54) is 31.3 Å². The number of hydrogen-bond acceptors (Lipinski definition) is 8. The van der Waals surface area contributed by atoms with Gasteiger partial charge < -0.3 is 35.2 Å². The van der Waals surface area contributed by atoms with Gasteiger partial charge >= 0.3 is 32.7 Å². The molecule has 39 heavy (non-hydrogen) atoms. The number of carbonyl (C=O) groups is 5. The number of likely N-dealkylation sites (N-methyl/N-ethyl adjacent to an activating group) is 1. The van der Waals surface area contributed by atoms with Crippen LogP contribution in [0.25, 0.3) is 0 Å². The summed E-state index contributed by atoms with van der Waals surface area (Å²) in [6.45, 7) is -0.565. The maximum Gasteiger partial charge on any atom is 0.547 e. The Kier molecular flexibility index (Phi) is 7.48. The molecule has 15 nitrogen and oxygen atoms in total. The van der Waals surface area contributed by atoms with Crippen LogP contribution in [0.15, 0.2) is 42.5 Å². The second-order valence-corrected chi connectivity index (χ2v) is 10.4. The third kappa shape index (κ3) is 5.63. The number of hydrogen-bond donors (Lipinski definition) is 6. The molecule has 4 rings (SSSR count). The zero-order chi connectivity index (χ0) is 28.6. The van der Waals surface area contributed by atoms with Crippen LogP contribution in [0, 0.1) is 0 Å². The van der Waals surface area contributed by atoms with Crippen molar-refractivity contribution in [3.05, 3.63) is 59.2 Å². The molecule has 0 aromatic heterocycles. The van der Waals surface area contributed by atoms with E-state index in [2.05, 4.69) is 10.6 Å². The zero-order valence-electron chi connectivity index (χ0n) is 20.2. The van der Waals surface area contributed by atoms with Gasteiger partial charge in [0.1, 0.15) is 18.3 Å². The molecule has 6 amide bonds. The molecule has 2 aliphatic heterocycles. The van der Waals surface area contributed by atoms with Crippen LogP contribution in [-0.4, -0.2) is 86.2 Å². The van der Waals surface area contributed by atoms with Gasteiger partial charge in [-0.05, 0) is 35.7 Å². The van der Waals surface area contributed by atoms with Crippen LogP contribution < -0.4 is 20.6 Å². The fourth-order valence-corrected chi connectivity index (χ4v) is 4.64. The summed E-state index contributed by atoms with van der Waals surface area (Å²) >= 11 is 0. The Balaban J connectivity index is 1.60. The summed E-state index contributed by atoms with van der Waals surface area (Å²) in [6.07, 6.45) is -0.0366. The molecule has 2 heterocycles. The zero-order valence-corrected chi connectivity index (χ0v) is 21.1. The second kappa shape index (κ2) is 10.5. The first-order chi connectivity index (χ1) is 18.3. The number of fused-ring (bicyclic) bond motifs is 1. The Hall–Kier alpha value is -4.24. The highest BCUT2D eigenvalue weighted by Crippen LogP contribution is 2.33. The molecule has 0 spiro atoms. The number of imide groups is 2. The number of aromatic carboxylic acids is 1. The smallest absolute Gasteiger partial charge is 0.534 e. The van der Waals surface area contributed by atoms with Gasteiger partial charge in [0.2, 0.25) is 5.91 Å². The second-order valence-electron chi connectivity index (χ2n) is 8.77. The third-order valence-electron chi connectivity index (χ3n) is 6.20. The number of rotatable bonds is 6. The van der Waals surface area contributed by atoms with Gasteiger partial charge in [0, 0.05) is 7.05 Å². The minimum absolute atomic E-state index is 0.0366. The monoisotopic (exact) mass is 560 g/mol. The van der Waals surface area contributed by atoms with Crippen LogP contribution in [0.5, 0.6) is 5.75 Å². The number of carboxylic acid groups (broad SMARTS) is 1. The highest BCUT2D eigenvalue weighted by atomic mass is 31.2. The summed E-state index contributed by atoms with van der Waals surface area (Å²) in [5.74, 6) is -3.97. The number of carboxylic acids is 1. The summed E-state index contributed by atoms with van der Waals surface area (Å²) in [5, 5.41) is 24.4. The van der Waals surface area contributed by atoms with E-state index in [4.69, 9.17) is 4.65 Å². The van der Waals surface area contributed by atoms with Crippen LogP contribution in [-0.2, 0) is 20.6 Å². The predicted molar refractivity (Wildman–Crippen MR) is 132 cm³/mol. The first-order valence-electron chi connectivity index (χ1n) is 11.3. The minimum atomic E-state index is -4.61. The van der Waals surface area contributed by atoms with Crippen molar-refractivity contribution in [1.29, 1.82) is 0 Å². The van der Waals surface area contributed by atoms with Crippen molar-refractivity contribution in [2.24, 2.45) is 0 Å². The standard InChI is InChI=1S/C22H22BN4O11P/c1-26-16(28)10-27(22(26)33)21(32)25-17(11-5-7-13(8-6-11)39(35,36)37)19(29)24-15-9-12-3-2-4-14(20(30)31)18(12)38-23(15)34/h2-8,15,17,34H,9-10H2,1H3,(H,24,29)(H,25,32)(H,30,31)(H2,35,36,37)/t15-,17+/m0/s1. The SMILES string of the molecule is CN1C(=O)CN(C(=O)N[C@@H](C(=O)N[C@H]2Cc3cccc(C(=O)O)c3OB2O)c2ccc(P(=O)(O)O)cc2)C1=O. The van der Waals surface area contributed by atoms with Crippen molar-refractivity contribution >= 4 is 49.9 Å². The number of nitrogens with zero attached hydrogens (tertiary/aromatic N) is 2. The lowest BCUT2D eigenvalue weighted by molar-refractivity contribution is -0.124. The minimum Gasteiger partial charge on any atom is -0.534 e. The Bertz CT molecular complexity index is 1410. The lowest BCUT2D eigenvalue weighted by Gasteiger charge is -2.30. The summed E-state index contributed by atoms with van der Waals surface area (Å²) in [4.78, 5) is 81.8. The Morgan fingerprint density at radius 3 is 2.36 bits per heavy atom. The molecule has 0 saturated carbocycles. The van der Waals surface area contributed by atoms with Crippen molar-refractivity contribution in [2.75, 3.05) is 13.6 Å². The van der Waals surface area contributed by atoms with E-state index < -0.39 is 63.1 Å². The van der Waals surface area contributed by atoms with Gasteiger partial charge in [0.25, 0.3) is 5.91 Å². The maximum absolute atomic E-state index is 13.4. The highest BCUT2D eigenvalue weighted by molar-refractivity contribution is 7.60. The van der Waals surface area contributed by atoms with E-state index in [1.807, 2.05) is 0 Å². The van der Waals surface area contributed by atoms with Crippen molar-refractivity contribution in [3.8, 4) is 5.75 Å². The molecular weight excluding hydrogens is 538 g/mol. The predicted octanol–water partition coefficient (Wildman–Crippen LogP) is -1.03. The van der Waals surface area contributed by atoms with Crippen LogP contribution in [0.3, 0.4) is 0 Å². The van der Waals surface area contributed by atoms with Gasteiger partial charge in [-0.25, -0.2) is 19.3 Å². The molecular formula is C22H22BN4O11P. The molecule has 1 fully saturated rings. The van der Waals surface area contributed by atoms with E-state index in [-0.39, 0.29) is 28.6 Å². The van der Waals surface area contributed by atoms with Crippen molar-refractivity contribution in [3.63, 3.8) is 0 Å². The van der Waals surface area contributed by atoms with Crippen LogP contribution >= 0.6 is 7.60 Å². The molecule has 2 aliphatic rings. The number of nitrogens with one attached hydrogen (secondary N) is 2. The maximum atomic E-state index is 13.4. The average molecular weight is 560 g/mol. The molecule has 1 saturated heterocycles. The van der Waals surface area contributed by atoms with Crippen molar-refractivity contribution in [2.45, 2.75) is 18.4 Å². The highest BCUT2D eigenvalue weighted by Gasteiger charge is 2.41. The van der Waals surface area contributed by atoms with Gasteiger partial charge in [-0.1, -0.05) is 24.3 Å². The molecule has 2 atom stereocenters. The van der Waals surface area contributed by atoms with Crippen LogP contribution in [0.2, 0.25) is 0 Å². The molecule has 204 valence electrons. The topological polar surface area (TPSA) is 223 Å². The molecule has 2 aromatic carbocycles. The van der Waals surface area contributed by atoms with Gasteiger partial charge in [-0.2, -0.15) is 0 Å². The van der Waals surface area contributed by atoms with E-state index in [0.29, 0.717) is 10.5 Å². The third-order valence-corrected chi connectivity index (χ3v) is 7.17. The normalized spacial score (nSPS) is 17.8. The van der Waals surface area contributed by atoms with Gasteiger partial charge in [0.15, 0.2) is 0 Å². The van der Waals surface area contributed by atoms with Gasteiger partial charge in [-0.15, -0.1) is 0 Å². The van der Waals surface area contributed by atoms with Crippen molar-refractivity contribution < 1.29 is 53.1 Å². The number of benzene rings is 2. The molecule has 17 heteroatoms. The quantitative estimate of drug-likeness (QED) is 0.142. The molecule has 0 bridgehead atoms. The molecule has 0 unspecified atom stereocenters. The number of amides is 6. The molecule has 0 radical (unpaired) electrons. The summed E-state index contributed by atoms with van der Waals surface area (Å²) in [7, 11) is -5.10. The molecule has 2 aromatic rings. The number of carbonyl (C=O) groups excluding carboxylic acids is 4. The van der Waals surface area contributed by atoms with Crippen LogP contribution in [0.1, 0.15) is 27.5 Å². The Labute approximate surface area is 220 Å². The summed E-state index contributed by atoms with van der Waals surface area (Å²) in [5.41, 5.74) is 0.270. The lowest BCUT2D eigenvalue weighted by atomic mass is 9.72. The molecule has 6 N–H and O–H groups in total. The number of para-hydroxylation sites is 1. The summed E-state index contributed by atoms with van der Waals surface area (Å²) in [6, 6.07) is 5.25. The van der Waals surface area contributed by atoms with E-state index in [0.717, 1.165) is 17.0 Å². The Morgan fingerprint density at radius 1 is 1.13 bits per heavy atom. The van der Waals surface area contributed by atoms with Crippen LogP contribution in [0.4, 0.5) is 9.59 Å². The number of urea groups is 2.